The molecule has 0 aliphatic rings. The van der Waals surface area contributed by atoms with E-state index >= 15 is 0 Å². The van der Waals surface area contributed by atoms with Crippen molar-refractivity contribution in [1.82, 2.24) is 0 Å². The maximum atomic E-state index is 11.8. The maximum absolute atomic E-state index is 11.8. The molecule has 0 unspecified atom stereocenters. The Morgan fingerprint density at radius 1 is 0.903 bits per heavy atom. The Balaban J connectivity index is 2.22. The first-order valence-corrected chi connectivity index (χ1v) is 12.6. The third kappa shape index (κ3) is 4.93. The third-order valence-electron chi connectivity index (χ3n) is 4.78. The first kappa shape index (κ1) is 22.9. The van der Waals surface area contributed by atoms with Crippen molar-refractivity contribution in [2.75, 3.05) is 7.11 Å². The van der Waals surface area contributed by atoms with Crippen molar-refractivity contribution in [2.24, 2.45) is 0 Å². The minimum absolute atomic E-state index is 0.313. The van der Waals surface area contributed by atoms with E-state index in [1.54, 1.807) is 12.2 Å². The summed E-state index contributed by atoms with van der Waals surface area (Å²) in [5.41, 5.74) is 0.313. The van der Waals surface area contributed by atoms with Crippen molar-refractivity contribution >= 4 is 29.1 Å². The molecule has 3 aromatic rings. The van der Waals surface area contributed by atoms with Crippen LogP contribution in [0.5, 0.6) is 0 Å². The molecule has 0 N–H and O–H groups in total. The number of carbonyl (C=O) groups is 1. The van der Waals surface area contributed by atoms with E-state index in [-0.39, 0.29) is 0 Å². The van der Waals surface area contributed by atoms with Crippen molar-refractivity contribution < 1.29 is 27.5 Å². The van der Waals surface area contributed by atoms with Gasteiger partial charge in [0.25, 0.3) is 0 Å². The van der Waals surface area contributed by atoms with Gasteiger partial charge in [-0.15, -0.1) is 0 Å². The first-order valence-electron chi connectivity index (χ1n) is 9.56. The number of rotatable bonds is 7. The second-order valence-corrected chi connectivity index (χ2v) is 10.6. The predicted molar refractivity (Wildman–Crippen MR) is 125 cm³/mol. The van der Waals surface area contributed by atoms with Gasteiger partial charge >= 0.3 is 195 Å². The van der Waals surface area contributed by atoms with Crippen LogP contribution in [0.15, 0.2) is 114 Å². The Morgan fingerprint density at radius 2 is 1.32 bits per heavy atom. The molecule has 3 aromatic carbocycles. The standard InChI is InChI=1S/C27H21O2P.Os/c1-22(27(28)29-3)14-13-15-23(2)30(24-16-7-4-8-17-24,25-18-9-5-10-19-25)26-20-11-6-12-21-26;/h2,4-12,14-21H,3H3;/q-1;/b22-14+;. The molecule has 0 fully saturated rings. The Hall–Kier alpha value is -2.80. The zero-order chi connectivity index (χ0) is 22.1. The van der Waals surface area contributed by atoms with Crippen LogP contribution in [0, 0.1) is 17.0 Å². The Bertz CT molecular complexity index is 1050. The molecule has 155 valence electrons. The summed E-state index contributed by atoms with van der Waals surface area (Å²) >= 11 is 1.45. The van der Waals surface area contributed by atoms with Gasteiger partial charge in [-0.25, -0.2) is 0 Å². The fourth-order valence-electron chi connectivity index (χ4n) is 3.39. The molecule has 0 bridgehead atoms. The molecule has 0 radical (unpaired) electrons. The molecular weight excluding hydrogens is 577 g/mol. The number of hydrogen-bond acceptors (Lipinski definition) is 2. The quantitative estimate of drug-likeness (QED) is 0.134. The van der Waals surface area contributed by atoms with Crippen LogP contribution in [-0.4, -0.2) is 13.1 Å². The van der Waals surface area contributed by atoms with Gasteiger partial charge in [0, 0.05) is 0 Å². The Kier molecular flexibility index (Phi) is 8.11. The van der Waals surface area contributed by atoms with Gasteiger partial charge in [-0.2, -0.15) is 0 Å². The van der Waals surface area contributed by atoms with Crippen molar-refractivity contribution in [2.45, 2.75) is 0 Å². The van der Waals surface area contributed by atoms with Crippen molar-refractivity contribution in [3.63, 3.8) is 0 Å². The molecule has 0 saturated heterocycles. The molecule has 0 aliphatic carbocycles. The van der Waals surface area contributed by atoms with Gasteiger partial charge in [0.05, 0.1) is 0 Å². The van der Waals surface area contributed by atoms with Gasteiger partial charge < -0.3 is 0 Å². The monoisotopic (exact) mass is 600 g/mol. The molecule has 0 aromatic heterocycles. The number of carbonyl (C=O) groups excluding carboxylic acids is 1. The summed E-state index contributed by atoms with van der Waals surface area (Å²) in [5.74, 6) is -0.454. The first-order chi connectivity index (χ1) is 15.1. The summed E-state index contributed by atoms with van der Waals surface area (Å²) in [6.07, 6.45) is 6.41. The summed E-state index contributed by atoms with van der Waals surface area (Å²) in [6, 6.07) is 31.0. The van der Waals surface area contributed by atoms with Crippen LogP contribution in [0.2, 0.25) is 0 Å². The number of esters is 1. The van der Waals surface area contributed by atoms with E-state index in [1.807, 2.05) is 54.6 Å². The molecule has 0 heterocycles. The van der Waals surface area contributed by atoms with Gasteiger partial charge in [-0.1, -0.05) is 0 Å². The van der Waals surface area contributed by atoms with E-state index in [9.17, 15) is 4.79 Å². The number of hydrogen-bond donors (Lipinski definition) is 0. The molecule has 0 aliphatic heterocycles. The zero-order valence-electron chi connectivity index (χ0n) is 17.0. The van der Waals surface area contributed by atoms with Crippen LogP contribution in [0.25, 0.3) is 0 Å². The molecule has 0 atom stereocenters. The summed E-state index contributed by atoms with van der Waals surface area (Å²) in [4.78, 5) is 11.8. The van der Waals surface area contributed by atoms with Crippen LogP contribution in [0.1, 0.15) is 0 Å². The molecule has 0 amide bonds. The van der Waals surface area contributed by atoms with Crippen molar-refractivity contribution in [1.29, 1.82) is 0 Å². The second kappa shape index (κ2) is 11.0. The van der Waals surface area contributed by atoms with Crippen LogP contribution in [0.4, 0.5) is 0 Å². The van der Waals surface area contributed by atoms with Crippen LogP contribution in [-0.2, 0) is 27.5 Å². The number of allylic oxidation sites excluding steroid dienone is 4. The molecular formula is C27H21O2OsP-. The number of benzene rings is 3. The average Bonchev–Trinajstić information content (AvgIpc) is 2.84. The van der Waals surface area contributed by atoms with Crippen molar-refractivity contribution in [3.8, 4) is 4.37 Å². The second-order valence-electron chi connectivity index (χ2n) is 6.55. The third-order valence-corrected chi connectivity index (χ3v) is 9.58. The number of ether oxygens (including phenoxy) is 1. The van der Waals surface area contributed by atoms with E-state index < -0.39 is 13.2 Å². The zero-order valence-corrected chi connectivity index (χ0v) is 20.4. The van der Waals surface area contributed by atoms with Gasteiger partial charge in [0.2, 0.25) is 0 Å². The summed E-state index contributed by atoms with van der Waals surface area (Å²) in [6.45, 7) is 6.87. The molecule has 31 heavy (non-hydrogen) atoms. The molecule has 4 heteroatoms. The fourth-order valence-corrected chi connectivity index (χ4v) is 7.74. The SMILES string of the molecule is [CH-]=C(C=[C-]/C=C(\[C]#[Os])C(=O)OC)[P+](c1ccccc1)(c1ccccc1)c1ccccc1. The molecule has 0 saturated carbocycles. The van der Waals surface area contributed by atoms with Gasteiger partial charge in [0.15, 0.2) is 0 Å². The molecule has 3 rings (SSSR count). The minimum atomic E-state index is -2.33. The van der Waals surface area contributed by atoms with Crippen LogP contribution < -0.4 is 15.9 Å². The van der Waals surface area contributed by atoms with Gasteiger partial charge in [-0.05, 0) is 0 Å². The van der Waals surface area contributed by atoms with Gasteiger partial charge in [0.1, 0.15) is 0 Å². The van der Waals surface area contributed by atoms with Crippen molar-refractivity contribution in [3.05, 3.63) is 127 Å². The van der Waals surface area contributed by atoms with E-state index in [4.69, 9.17) is 11.3 Å². The van der Waals surface area contributed by atoms with Crippen LogP contribution >= 0.6 is 7.26 Å². The van der Waals surface area contributed by atoms with E-state index in [2.05, 4.69) is 46.8 Å². The summed E-state index contributed by atoms with van der Waals surface area (Å²) in [5, 5.41) is 4.13. The topological polar surface area (TPSA) is 26.3 Å². The van der Waals surface area contributed by atoms with E-state index in [0.29, 0.717) is 10.9 Å². The summed E-state index contributed by atoms with van der Waals surface area (Å²) in [7, 11) is -0.986. The van der Waals surface area contributed by atoms with E-state index in [1.165, 1.54) is 25.1 Å². The van der Waals surface area contributed by atoms with E-state index in [0.717, 1.165) is 15.9 Å². The fraction of sp³-hybridized carbons (Fsp3) is 0.0370. The number of methoxy groups -OCH3 is 1. The molecule has 0 spiro atoms. The Morgan fingerprint density at radius 3 is 1.68 bits per heavy atom. The molecule has 2 nitrogen and oxygen atoms in total. The van der Waals surface area contributed by atoms with Crippen LogP contribution in [0.3, 0.4) is 0 Å². The Labute approximate surface area is 194 Å². The summed E-state index contributed by atoms with van der Waals surface area (Å²) < 4.78 is 7.64. The normalized spacial score (nSPS) is 11.7. The predicted octanol–water partition coefficient (Wildman–Crippen LogP) is 4.26. The average molecular weight is 599 g/mol. The van der Waals surface area contributed by atoms with Gasteiger partial charge in [-0.3, -0.25) is 0 Å².